The second kappa shape index (κ2) is 7.21. The summed E-state index contributed by atoms with van der Waals surface area (Å²) in [5.41, 5.74) is 2.03. The molecule has 2 aliphatic rings. The molecule has 27 heavy (non-hydrogen) atoms. The Morgan fingerprint density at radius 3 is 2.63 bits per heavy atom. The van der Waals surface area contributed by atoms with E-state index in [1.165, 1.54) is 24.2 Å². The molecule has 150 valence electrons. The van der Waals surface area contributed by atoms with Crippen LogP contribution in [0.3, 0.4) is 0 Å². The number of likely N-dealkylation sites (tertiary alicyclic amines) is 1. The van der Waals surface area contributed by atoms with Crippen LogP contribution in [0.4, 0.5) is 5.00 Å². The summed E-state index contributed by atoms with van der Waals surface area (Å²) in [7, 11) is 0. The van der Waals surface area contributed by atoms with Crippen molar-refractivity contribution in [1.82, 2.24) is 4.90 Å². The quantitative estimate of drug-likeness (QED) is 0.756. The molecule has 1 aliphatic heterocycles. The number of nitrogens with zero attached hydrogens (tertiary/aromatic N) is 1. The maximum absolute atomic E-state index is 12.8. The Morgan fingerprint density at radius 2 is 1.96 bits per heavy atom. The molecule has 0 radical (unpaired) electrons. The lowest BCUT2D eigenvalue weighted by Gasteiger charge is -2.39. The van der Waals surface area contributed by atoms with Gasteiger partial charge in [-0.3, -0.25) is 9.69 Å². The molecule has 0 spiro atoms. The predicted octanol–water partition coefficient (Wildman–Crippen LogP) is 4.38. The van der Waals surface area contributed by atoms with Gasteiger partial charge in [0.2, 0.25) is 5.91 Å². The number of carbonyl (C=O) groups is 2. The predicted molar refractivity (Wildman–Crippen MR) is 109 cm³/mol. The number of fused-ring (bicyclic) bond motifs is 2. The minimum atomic E-state index is -0.360. The first-order chi connectivity index (χ1) is 12.5. The molecule has 2 heterocycles. The van der Waals surface area contributed by atoms with E-state index in [1.807, 2.05) is 13.8 Å². The Bertz CT molecular complexity index is 755. The molecule has 1 aliphatic carbocycles. The second-order valence-corrected chi connectivity index (χ2v) is 10.6. The average Bonchev–Trinajstić information content (AvgIpc) is 2.91. The number of aryl methyl sites for hydroxylation is 1. The Morgan fingerprint density at radius 1 is 1.26 bits per heavy atom. The van der Waals surface area contributed by atoms with Gasteiger partial charge in [-0.15, -0.1) is 11.3 Å². The minimum absolute atomic E-state index is 0.0456. The zero-order valence-electron chi connectivity index (χ0n) is 17.4. The van der Waals surface area contributed by atoms with Crippen LogP contribution in [-0.2, 0) is 9.53 Å². The molecule has 2 fully saturated rings. The van der Waals surface area contributed by atoms with E-state index < -0.39 is 0 Å². The van der Waals surface area contributed by atoms with E-state index in [0.29, 0.717) is 40.6 Å². The van der Waals surface area contributed by atoms with Gasteiger partial charge in [0.05, 0.1) is 18.7 Å². The summed E-state index contributed by atoms with van der Waals surface area (Å²) in [4.78, 5) is 28.5. The maximum Gasteiger partial charge on any atom is 0.341 e. The van der Waals surface area contributed by atoms with Gasteiger partial charge in [-0.1, -0.05) is 20.8 Å². The van der Waals surface area contributed by atoms with Crippen LogP contribution < -0.4 is 5.32 Å². The maximum atomic E-state index is 12.8. The van der Waals surface area contributed by atoms with Crippen molar-refractivity contribution >= 4 is 28.2 Å². The van der Waals surface area contributed by atoms with Crippen LogP contribution in [-0.4, -0.2) is 42.5 Å². The zero-order chi connectivity index (χ0) is 20.0. The number of amides is 1. The first-order valence-corrected chi connectivity index (χ1v) is 10.7. The summed E-state index contributed by atoms with van der Waals surface area (Å²) in [6.45, 7) is 14.4. The number of hydrogen-bond donors (Lipinski definition) is 1. The van der Waals surface area contributed by atoms with E-state index in [4.69, 9.17) is 4.74 Å². The molecule has 0 aromatic carbocycles. The summed E-state index contributed by atoms with van der Waals surface area (Å²) in [5.74, 6) is -0.406. The second-order valence-electron chi connectivity index (χ2n) is 9.37. The van der Waals surface area contributed by atoms with Gasteiger partial charge < -0.3 is 10.1 Å². The first-order valence-electron chi connectivity index (χ1n) is 9.84. The number of esters is 1. The number of ether oxygens (including phenoxy) is 1. The highest BCUT2D eigenvalue weighted by molar-refractivity contribution is 7.16. The molecular formula is C21H32N2O3S. The van der Waals surface area contributed by atoms with Crippen molar-refractivity contribution in [3.8, 4) is 0 Å². The van der Waals surface area contributed by atoms with E-state index in [0.717, 1.165) is 23.4 Å². The van der Waals surface area contributed by atoms with Gasteiger partial charge in [-0.25, -0.2) is 4.79 Å². The Kier molecular flexibility index (Phi) is 5.43. The molecule has 5 nitrogen and oxygen atoms in total. The third-order valence-electron chi connectivity index (χ3n) is 5.99. The Hall–Kier alpha value is -1.40. The van der Waals surface area contributed by atoms with Crippen LogP contribution in [0.15, 0.2) is 0 Å². The molecule has 1 saturated heterocycles. The standard InChI is InChI=1S/C21H32N2O3S/c1-7-26-19(25)17-13(2)14(3)27-18(17)22-16(24)10-23-12-21(6)9-15(23)8-20(4,5)11-21/h15H,7-12H2,1-6H3,(H,22,24). The zero-order valence-corrected chi connectivity index (χ0v) is 18.2. The van der Waals surface area contributed by atoms with Crippen molar-refractivity contribution in [3.63, 3.8) is 0 Å². The van der Waals surface area contributed by atoms with Gasteiger partial charge in [0, 0.05) is 17.5 Å². The van der Waals surface area contributed by atoms with E-state index in [9.17, 15) is 9.59 Å². The molecule has 2 unspecified atom stereocenters. The minimum Gasteiger partial charge on any atom is -0.462 e. The summed E-state index contributed by atoms with van der Waals surface area (Å²) in [6, 6.07) is 0.473. The third-order valence-corrected chi connectivity index (χ3v) is 7.11. The molecule has 1 saturated carbocycles. The van der Waals surface area contributed by atoms with Gasteiger partial charge in [-0.2, -0.15) is 0 Å². The topological polar surface area (TPSA) is 58.6 Å². The van der Waals surface area contributed by atoms with Crippen molar-refractivity contribution in [2.24, 2.45) is 10.8 Å². The van der Waals surface area contributed by atoms with Crippen molar-refractivity contribution in [2.75, 3.05) is 25.0 Å². The van der Waals surface area contributed by atoms with Crippen LogP contribution in [0, 0.1) is 24.7 Å². The molecule has 1 amide bonds. The number of hydrogen-bond acceptors (Lipinski definition) is 5. The van der Waals surface area contributed by atoms with Crippen LogP contribution in [0.5, 0.6) is 0 Å². The molecule has 2 atom stereocenters. The summed E-state index contributed by atoms with van der Waals surface area (Å²) >= 11 is 1.45. The molecular weight excluding hydrogens is 360 g/mol. The Balaban J connectivity index is 1.71. The number of anilines is 1. The molecule has 1 aromatic rings. The summed E-state index contributed by atoms with van der Waals surface area (Å²) < 4.78 is 5.18. The summed E-state index contributed by atoms with van der Waals surface area (Å²) in [5, 5.41) is 3.60. The normalized spacial score (nSPS) is 26.8. The number of rotatable bonds is 5. The highest BCUT2D eigenvalue weighted by atomic mass is 32.1. The molecule has 1 aromatic heterocycles. The molecule has 6 heteroatoms. The number of carbonyl (C=O) groups excluding carboxylic acids is 2. The highest BCUT2D eigenvalue weighted by Crippen LogP contribution is 2.52. The molecule has 3 rings (SSSR count). The van der Waals surface area contributed by atoms with Crippen LogP contribution in [0.1, 0.15) is 67.8 Å². The van der Waals surface area contributed by atoms with Crippen molar-refractivity contribution in [3.05, 3.63) is 16.0 Å². The van der Waals surface area contributed by atoms with Gasteiger partial charge >= 0.3 is 5.97 Å². The third kappa shape index (κ3) is 4.21. The summed E-state index contributed by atoms with van der Waals surface area (Å²) in [6.07, 6.45) is 3.53. The fourth-order valence-corrected chi connectivity index (χ4v) is 6.34. The largest absolute Gasteiger partial charge is 0.462 e. The van der Waals surface area contributed by atoms with Gasteiger partial charge in [0.15, 0.2) is 0 Å². The van der Waals surface area contributed by atoms with Crippen LogP contribution >= 0.6 is 11.3 Å². The molecule has 1 N–H and O–H groups in total. The van der Waals surface area contributed by atoms with Crippen LogP contribution in [0.25, 0.3) is 0 Å². The fraction of sp³-hybridized carbons (Fsp3) is 0.714. The fourth-order valence-electron chi connectivity index (χ4n) is 5.28. The van der Waals surface area contributed by atoms with Crippen molar-refractivity contribution in [2.45, 2.75) is 66.8 Å². The number of nitrogens with one attached hydrogen (secondary N) is 1. The lowest BCUT2D eigenvalue weighted by molar-refractivity contribution is -0.117. The van der Waals surface area contributed by atoms with E-state index in [1.54, 1.807) is 6.92 Å². The SMILES string of the molecule is CCOC(=O)c1c(NC(=O)CN2CC3(C)CC2CC(C)(C)C3)sc(C)c1C. The molecule has 2 bridgehead atoms. The van der Waals surface area contributed by atoms with Crippen LogP contribution in [0.2, 0.25) is 0 Å². The lowest BCUT2D eigenvalue weighted by Crippen LogP contribution is -2.38. The lowest BCUT2D eigenvalue weighted by atomic mass is 9.65. The van der Waals surface area contributed by atoms with Gasteiger partial charge in [0.1, 0.15) is 5.00 Å². The smallest absolute Gasteiger partial charge is 0.341 e. The highest BCUT2D eigenvalue weighted by Gasteiger charge is 2.49. The Labute approximate surface area is 166 Å². The monoisotopic (exact) mass is 392 g/mol. The van der Waals surface area contributed by atoms with E-state index in [2.05, 4.69) is 31.0 Å². The number of thiophene rings is 1. The van der Waals surface area contributed by atoms with E-state index in [-0.39, 0.29) is 11.9 Å². The van der Waals surface area contributed by atoms with Crippen molar-refractivity contribution in [1.29, 1.82) is 0 Å². The van der Waals surface area contributed by atoms with E-state index >= 15 is 0 Å². The van der Waals surface area contributed by atoms with Crippen molar-refractivity contribution < 1.29 is 14.3 Å². The average molecular weight is 393 g/mol. The van der Waals surface area contributed by atoms with Gasteiger partial charge in [-0.05, 0) is 56.4 Å². The van der Waals surface area contributed by atoms with Gasteiger partial charge in [0.25, 0.3) is 0 Å². The first kappa shape index (κ1) is 20.3.